The number of aromatic nitrogens is 2. The molecule has 2 aromatic rings. The first-order chi connectivity index (χ1) is 6.90. The molecule has 0 aromatic carbocycles. The molecule has 0 fully saturated rings. The first-order valence-corrected chi connectivity index (χ1v) is 4.31. The van der Waals surface area contributed by atoms with Gasteiger partial charge < -0.3 is 0 Å². The van der Waals surface area contributed by atoms with Gasteiger partial charge in [-0.05, 0) is 23.8 Å². The van der Waals surface area contributed by atoms with Crippen LogP contribution < -0.4 is 0 Å². The van der Waals surface area contributed by atoms with Crippen molar-refractivity contribution in [1.29, 1.82) is 0 Å². The Morgan fingerprint density at radius 2 is 2.07 bits per heavy atom. The summed E-state index contributed by atoms with van der Waals surface area (Å²) in [5.74, 6) is 0. The smallest absolute Gasteiger partial charge is 0.0717 e. The van der Waals surface area contributed by atoms with Crippen molar-refractivity contribution >= 4 is 6.08 Å². The van der Waals surface area contributed by atoms with Crippen LogP contribution >= 0.6 is 0 Å². The van der Waals surface area contributed by atoms with E-state index in [1.54, 1.807) is 18.6 Å². The number of hydrogen-bond donors (Lipinski definition) is 0. The van der Waals surface area contributed by atoms with Crippen LogP contribution in [0.1, 0.15) is 5.56 Å². The summed E-state index contributed by atoms with van der Waals surface area (Å²) in [6.45, 7) is 5.36. The molecule has 2 rings (SSSR count). The molecule has 2 heteroatoms. The highest BCUT2D eigenvalue weighted by atomic mass is 14.7. The second kappa shape index (κ2) is 3.83. The van der Waals surface area contributed by atoms with Gasteiger partial charge in [0, 0.05) is 24.2 Å². The first-order valence-electron chi connectivity index (χ1n) is 4.31. The molecule has 1 radical (unpaired) electrons. The largest absolute Gasteiger partial charge is 0.264 e. The fraction of sp³-hybridized carbons (Fsp3) is 0. The van der Waals surface area contributed by atoms with Gasteiger partial charge in [0.2, 0.25) is 0 Å². The van der Waals surface area contributed by atoms with Crippen LogP contribution in [0.25, 0.3) is 17.3 Å². The maximum absolute atomic E-state index is 5.36. The SMILES string of the molecule is [CH]=Cc1ccc(-c2cccnc2)nc1. The molecule has 0 unspecified atom stereocenters. The van der Waals surface area contributed by atoms with Gasteiger partial charge >= 0.3 is 0 Å². The third-order valence-electron chi connectivity index (χ3n) is 1.94. The highest BCUT2D eigenvalue weighted by Crippen LogP contribution is 2.15. The molecule has 14 heavy (non-hydrogen) atoms. The monoisotopic (exact) mass is 181 g/mol. The van der Waals surface area contributed by atoms with Crippen molar-refractivity contribution in [2.45, 2.75) is 0 Å². The normalized spacial score (nSPS) is 9.71. The van der Waals surface area contributed by atoms with Crippen molar-refractivity contribution in [3.8, 4) is 11.3 Å². The van der Waals surface area contributed by atoms with Gasteiger partial charge in [-0.25, -0.2) is 0 Å². The van der Waals surface area contributed by atoms with E-state index >= 15 is 0 Å². The van der Waals surface area contributed by atoms with Gasteiger partial charge in [0.1, 0.15) is 0 Å². The lowest BCUT2D eigenvalue weighted by Gasteiger charge is -1.99. The second-order valence-electron chi connectivity index (χ2n) is 2.89. The highest BCUT2D eigenvalue weighted by molar-refractivity contribution is 5.59. The van der Waals surface area contributed by atoms with Gasteiger partial charge in [-0.2, -0.15) is 0 Å². The van der Waals surface area contributed by atoms with Crippen LogP contribution in [0, 0.1) is 6.58 Å². The molecule has 0 aliphatic rings. The summed E-state index contributed by atoms with van der Waals surface area (Å²) in [5, 5.41) is 0. The highest BCUT2D eigenvalue weighted by Gasteiger charge is 1.96. The summed E-state index contributed by atoms with van der Waals surface area (Å²) in [6.07, 6.45) is 6.79. The van der Waals surface area contributed by atoms with E-state index in [9.17, 15) is 0 Å². The zero-order valence-corrected chi connectivity index (χ0v) is 7.59. The molecule has 0 N–H and O–H groups in total. The van der Waals surface area contributed by atoms with Gasteiger partial charge in [-0.1, -0.05) is 18.7 Å². The molecular weight excluding hydrogens is 172 g/mol. The average molecular weight is 181 g/mol. The Labute approximate surface area is 83.0 Å². The van der Waals surface area contributed by atoms with Crippen molar-refractivity contribution in [1.82, 2.24) is 9.97 Å². The van der Waals surface area contributed by atoms with Crippen LogP contribution in [-0.2, 0) is 0 Å². The molecule has 0 aliphatic carbocycles. The van der Waals surface area contributed by atoms with Crippen LogP contribution in [0.4, 0.5) is 0 Å². The first kappa shape index (κ1) is 8.63. The second-order valence-corrected chi connectivity index (χ2v) is 2.89. The van der Waals surface area contributed by atoms with Gasteiger partial charge in [-0.3, -0.25) is 9.97 Å². The Balaban J connectivity index is 2.39. The molecular formula is C12H9N2. The molecule has 2 heterocycles. The van der Waals surface area contributed by atoms with Crippen LogP contribution in [-0.4, -0.2) is 9.97 Å². The quantitative estimate of drug-likeness (QED) is 0.711. The Bertz CT molecular complexity index is 418. The lowest BCUT2D eigenvalue weighted by molar-refractivity contribution is 1.27. The number of pyridine rings is 2. The van der Waals surface area contributed by atoms with E-state index in [0.717, 1.165) is 16.8 Å². The van der Waals surface area contributed by atoms with Crippen molar-refractivity contribution in [2.75, 3.05) is 0 Å². The standard InChI is InChI=1S/C12H9N2/c1-2-10-5-6-12(14-8-10)11-4-3-7-13-9-11/h1-9H. The van der Waals surface area contributed by atoms with E-state index in [2.05, 4.69) is 9.97 Å². The Morgan fingerprint density at radius 3 is 2.64 bits per heavy atom. The third-order valence-corrected chi connectivity index (χ3v) is 1.94. The van der Waals surface area contributed by atoms with Crippen LogP contribution in [0.3, 0.4) is 0 Å². The van der Waals surface area contributed by atoms with E-state index in [1.165, 1.54) is 6.08 Å². The topological polar surface area (TPSA) is 25.8 Å². The fourth-order valence-electron chi connectivity index (χ4n) is 1.19. The van der Waals surface area contributed by atoms with Crippen LogP contribution in [0.15, 0.2) is 42.9 Å². The minimum Gasteiger partial charge on any atom is -0.264 e. The summed E-state index contributed by atoms with van der Waals surface area (Å²) in [7, 11) is 0. The average Bonchev–Trinajstić information content (AvgIpc) is 2.30. The molecule has 0 atom stereocenters. The predicted octanol–water partition coefficient (Wildman–Crippen LogP) is 2.59. The Morgan fingerprint density at radius 1 is 1.14 bits per heavy atom. The van der Waals surface area contributed by atoms with Gasteiger partial charge in [0.25, 0.3) is 0 Å². The summed E-state index contributed by atoms with van der Waals surface area (Å²) in [4.78, 5) is 8.30. The third kappa shape index (κ3) is 1.69. The summed E-state index contributed by atoms with van der Waals surface area (Å²) in [5.41, 5.74) is 2.83. The zero-order valence-electron chi connectivity index (χ0n) is 7.59. The van der Waals surface area contributed by atoms with Crippen molar-refractivity contribution < 1.29 is 0 Å². The number of hydrogen-bond acceptors (Lipinski definition) is 2. The summed E-state index contributed by atoms with van der Waals surface area (Å²) < 4.78 is 0. The van der Waals surface area contributed by atoms with Gasteiger partial charge in [0.05, 0.1) is 5.69 Å². The van der Waals surface area contributed by atoms with Crippen LogP contribution in [0.5, 0.6) is 0 Å². The number of rotatable bonds is 2. The maximum Gasteiger partial charge on any atom is 0.0717 e. The molecule has 0 bridgehead atoms. The minimum atomic E-state index is 0.906. The molecule has 0 saturated heterocycles. The number of nitrogens with zero attached hydrogens (tertiary/aromatic N) is 2. The molecule has 0 spiro atoms. The van der Waals surface area contributed by atoms with E-state index in [4.69, 9.17) is 6.58 Å². The molecule has 67 valence electrons. The van der Waals surface area contributed by atoms with E-state index in [-0.39, 0.29) is 0 Å². The van der Waals surface area contributed by atoms with Crippen molar-refractivity contribution in [3.05, 3.63) is 55.0 Å². The molecule has 0 saturated carbocycles. The van der Waals surface area contributed by atoms with E-state index < -0.39 is 0 Å². The lowest BCUT2D eigenvalue weighted by atomic mass is 10.1. The molecule has 2 aromatic heterocycles. The van der Waals surface area contributed by atoms with Gasteiger partial charge in [-0.15, -0.1) is 0 Å². The van der Waals surface area contributed by atoms with Gasteiger partial charge in [0.15, 0.2) is 0 Å². The van der Waals surface area contributed by atoms with Crippen molar-refractivity contribution in [2.24, 2.45) is 0 Å². The Hall–Kier alpha value is -1.96. The summed E-state index contributed by atoms with van der Waals surface area (Å²) >= 11 is 0. The molecule has 0 amide bonds. The van der Waals surface area contributed by atoms with Crippen LogP contribution in [0.2, 0.25) is 0 Å². The maximum atomic E-state index is 5.36. The molecule has 2 nitrogen and oxygen atoms in total. The van der Waals surface area contributed by atoms with Crippen molar-refractivity contribution in [3.63, 3.8) is 0 Å². The van der Waals surface area contributed by atoms with E-state index in [0.29, 0.717) is 0 Å². The molecule has 0 aliphatic heterocycles. The predicted molar refractivity (Wildman–Crippen MR) is 56.2 cm³/mol. The summed E-state index contributed by atoms with van der Waals surface area (Å²) in [6, 6.07) is 7.71. The Kier molecular flexibility index (Phi) is 2.36. The van der Waals surface area contributed by atoms with E-state index in [1.807, 2.05) is 24.3 Å². The fourth-order valence-corrected chi connectivity index (χ4v) is 1.19. The zero-order chi connectivity index (χ0) is 9.80. The minimum absolute atomic E-state index is 0.906. The lowest BCUT2D eigenvalue weighted by Crippen LogP contribution is -1.84.